The fourth-order valence-electron chi connectivity index (χ4n) is 3.65. The molecule has 8 nitrogen and oxygen atoms in total. The normalized spacial score (nSPS) is 15.6. The van der Waals surface area contributed by atoms with Gasteiger partial charge in [0.2, 0.25) is 11.8 Å². The molecule has 0 saturated carbocycles. The van der Waals surface area contributed by atoms with Gasteiger partial charge in [0.05, 0.1) is 29.7 Å². The van der Waals surface area contributed by atoms with Crippen LogP contribution in [0.4, 0.5) is 5.13 Å². The first-order valence-electron chi connectivity index (χ1n) is 9.67. The number of H-pyrrole nitrogens is 1. The largest absolute Gasteiger partial charge is 0.369 e. The van der Waals surface area contributed by atoms with E-state index in [-0.39, 0.29) is 18.2 Å². The van der Waals surface area contributed by atoms with Crippen molar-refractivity contribution in [3.8, 4) is 0 Å². The number of nitrogens with two attached hydrogens (primary N) is 1. The van der Waals surface area contributed by atoms with Gasteiger partial charge in [-0.15, -0.1) is 11.3 Å². The number of aromatic nitrogens is 3. The Balaban J connectivity index is 1.28. The second-order valence-corrected chi connectivity index (χ2v) is 8.39. The number of fused-ring (bicyclic) bond motifs is 1. The van der Waals surface area contributed by atoms with E-state index in [0.717, 1.165) is 49.3 Å². The summed E-state index contributed by atoms with van der Waals surface area (Å²) < 4.78 is 0. The van der Waals surface area contributed by atoms with Gasteiger partial charge in [-0.25, -0.2) is 9.97 Å². The number of piperidine rings is 1. The Kier molecular flexibility index (Phi) is 5.59. The standard InChI is InChI=1S/C20H24N6O2S/c1-12-2-3-15-16(8-12)24-18(23-15)10-26-6-4-13(5-7-26)19(28)25-20-22-14(11-29-20)9-17(21)27/h2-3,8,11,13H,4-7,9-10H2,1H3,(H2,21,27)(H,23,24)(H,22,25,28). The summed E-state index contributed by atoms with van der Waals surface area (Å²) in [6.45, 7) is 4.52. The summed E-state index contributed by atoms with van der Waals surface area (Å²) in [5.74, 6) is 0.482. The number of benzene rings is 1. The molecule has 0 radical (unpaired) electrons. The number of likely N-dealkylation sites (tertiary alicyclic amines) is 1. The first kappa shape index (κ1) is 19.5. The highest BCUT2D eigenvalue weighted by molar-refractivity contribution is 7.13. The predicted octanol–water partition coefficient (Wildman–Crippen LogP) is 2.21. The lowest BCUT2D eigenvalue weighted by Gasteiger charge is -2.30. The van der Waals surface area contributed by atoms with Crippen LogP contribution in [0.15, 0.2) is 23.6 Å². The number of carbonyl (C=O) groups is 2. The number of amides is 2. The van der Waals surface area contributed by atoms with Crippen molar-refractivity contribution in [3.63, 3.8) is 0 Å². The van der Waals surface area contributed by atoms with E-state index in [2.05, 4.69) is 44.2 Å². The number of anilines is 1. The SMILES string of the molecule is Cc1ccc2nc(CN3CCC(C(=O)Nc4nc(CC(N)=O)cs4)CC3)[nH]c2c1. The van der Waals surface area contributed by atoms with Crippen LogP contribution in [0.3, 0.4) is 0 Å². The molecule has 152 valence electrons. The molecule has 0 atom stereocenters. The van der Waals surface area contributed by atoms with Crippen LogP contribution in [0.1, 0.15) is 29.9 Å². The summed E-state index contributed by atoms with van der Waals surface area (Å²) in [6.07, 6.45) is 1.68. The van der Waals surface area contributed by atoms with E-state index >= 15 is 0 Å². The molecular weight excluding hydrogens is 388 g/mol. The lowest BCUT2D eigenvalue weighted by molar-refractivity contribution is -0.121. The first-order chi connectivity index (χ1) is 14.0. The molecule has 4 rings (SSSR count). The van der Waals surface area contributed by atoms with Gasteiger partial charge in [-0.2, -0.15) is 0 Å². The lowest BCUT2D eigenvalue weighted by atomic mass is 9.96. The summed E-state index contributed by atoms with van der Waals surface area (Å²) in [7, 11) is 0. The fourth-order valence-corrected chi connectivity index (χ4v) is 4.36. The smallest absolute Gasteiger partial charge is 0.229 e. The van der Waals surface area contributed by atoms with E-state index in [9.17, 15) is 9.59 Å². The van der Waals surface area contributed by atoms with E-state index in [4.69, 9.17) is 5.73 Å². The van der Waals surface area contributed by atoms with Crippen LogP contribution in [0.5, 0.6) is 0 Å². The number of nitrogens with zero attached hydrogens (tertiary/aromatic N) is 3. The van der Waals surface area contributed by atoms with E-state index in [1.807, 2.05) is 6.07 Å². The van der Waals surface area contributed by atoms with Gasteiger partial charge < -0.3 is 16.0 Å². The van der Waals surface area contributed by atoms with Crippen molar-refractivity contribution in [2.75, 3.05) is 18.4 Å². The van der Waals surface area contributed by atoms with Crippen LogP contribution in [0.25, 0.3) is 11.0 Å². The van der Waals surface area contributed by atoms with Crippen LogP contribution < -0.4 is 11.1 Å². The van der Waals surface area contributed by atoms with E-state index < -0.39 is 5.91 Å². The number of primary amides is 1. The van der Waals surface area contributed by atoms with Gasteiger partial charge in [0.25, 0.3) is 0 Å². The van der Waals surface area contributed by atoms with Gasteiger partial charge in [0.15, 0.2) is 5.13 Å². The third kappa shape index (κ3) is 4.80. The van der Waals surface area contributed by atoms with Crippen LogP contribution in [-0.4, -0.2) is 44.8 Å². The zero-order valence-corrected chi connectivity index (χ0v) is 17.1. The van der Waals surface area contributed by atoms with Gasteiger partial charge in [0, 0.05) is 11.3 Å². The van der Waals surface area contributed by atoms with Crippen molar-refractivity contribution in [2.24, 2.45) is 11.7 Å². The first-order valence-corrected chi connectivity index (χ1v) is 10.6. The minimum Gasteiger partial charge on any atom is -0.369 e. The minimum absolute atomic E-state index is 0.0103. The number of imidazole rings is 1. The van der Waals surface area contributed by atoms with Crippen molar-refractivity contribution >= 4 is 39.3 Å². The van der Waals surface area contributed by atoms with E-state index in [1.54, 1.807) is 5.38 Å². The summed E-state index contributed by atoms with van der Waals surface area (Å²) >= 11 is 1.32. The zero-order chi connectivity index (χ0) is 20.4. The van der Waals surface area contributed by atoms with Gasteiger partial charge in [-0.3, -0.25) is 14.5 Å². The topological polar surface area (TPSA) is 117 Å². The molecule has 0 bridgehead atoms. The molecule has 1 saturated heterocycles. The third-order valence-corrected chi connectivity index (χ3v) is 5.96. The Hall–Kier alpha value is -2.78. The molecule has 1 aliphatic heterocycles. The molecule has 0 aliphatic carbocycles. The highest BCUT2D eigenvalue weighted by atomic mass is 32.1. The molecule has 2 aromatic heterocycles. The van der Waals surface area contributed by atoms with Crippen molar-refractivity contribution in [2.45, 2.75) is 32.7 Å². The molecule has 2 amide bonds. The Labute approximate surface area is 172 Å². The summed E-state index contributed by atoms with van der Waals surface area (Å²) in [5, 5.41) is 5.14. The average Bonchev–Trinajstić information content (AvgIpc) is 3.27. The Bertz CT molecular complexity index is 1030. The van der Waals surface area contributed by atoms with Gasteiger partial charge in [-0.1, -0.05) is 6.07 Å². The molecule has 3 aromatic rings. The number of hydrogen-bond acceptors (Lipinski definition) is 6. The maximum Gasteiger partial charge on any atom is 0.229 e. The number of nitrogens with one attached hydrogen (secondary N) is 2. The maximum absolute atomic E-state index is 12.5. The zero-order valence-electron chi connectivity index (χ0n) is 16.3. The Morgan fingerprint density at radius 3 is 2.86 bits per heavy atom. The number of rotatable bonds is 6. The van der Waals surface area contributed by atoms with Crippen molar-refractivity contribution in [3.05, 3.63) is 40.7 Å². The number of thiazole rings is 1. The Morgan fingerprint density at radius 2 is 2.10 bits per heavy atom. The van der Waals surface area contributed by atoms with Crippen LogP contribution in [0.2, 0.25) is 0 Å². The molecule has 1 fully saturated rings. The number of carbonyl (C=O) groups excluding carboxylic acids is 2. The molecule has 29 heavy (non-hydrogen) atoms. The molecule has 0 unspecified atom stereocenters. The molecule has 1 aliphatic rings. The van der Waals surface area contributed by atoms with Crippen molar-refractivity contribution < 1.29 is 9.59 Å². The Morgan fingerprint density at radius 1 is 1.31 bits per heavy atom. The molecule has 0 spiro atoms. The van der Waals surface area contributed by atoms with Gasteiger partial charge in [-0.05, 0) is 50.6 Å². The minimum atomic E-state index is -0.430. The predicted molar refractivity (Wildman–Crippen MR) is 112 cm³/mol. The van der Waals surface area contributed by atoms with Gasteiger partial charge >= 0.3 is 0 Å². The van der Waals surface area contributed by atoms with Crippen molar-refractivity contribution in [1.82, 2.24) is 19.9 Å². The van der Waals surface area contributed by atoms with Gasteiger partial charge in [0.1, 0.15) is 5.82 Å². The summed E-state index contributed by atoms with van der Waals surface area (Å²) in [4.78, 5) is 38.1. The van der Waals surface area contributed by atoms with Crippen LogP contribution in [0, 0.1) is 12.8 Å². The molecule has 9 heteroatoms. The number of aromatic amines is 1. The monoisotopic (exact) mass is 412 g/mol. The molecule has 4 N–H and O–H groups in total. The second-order valence-electron chi connectivity index (χ2n) is 7.53. The average molecular weight is 413 g/mol. The quantitative estimate of drug-likeness (QED) is 0.574. The molecule has 3 heterocycles. The number of hydrogen-bond donors (Lipinski definition) is 3. The molecule has 1 aromatic carbocycles. The number of aryl methyl sites for hydroxylation is 1. The van der Waals surface area contributed by atoms with Crippen molar-refractivity contribution in [1.29, 1.82) is 0 Å². The molecular formula is C20H24N6O2S. The highest BCUT2D eigenvalue weighted by Crippen LogP contribution is 2.23. The van der Waals surface area contributed by atoms with Crippen LogP contribution >= 0.6 is 11.3 Å². The second kappa shape index (κ2) is 8.30. The maximum atomic E-state index is 12.5. The van der Waals surface area contributed by atoms with Crippen LogP contribution in [-0.2, 0) is 22.6 Å². The van der Waals surface area contributed by atoms with E-state index in [1.165, 1.54) is 16.9 Å². The fraction of sp³-hybridized carbons (Fsp3) is 0.400. The summed E-state index contributed by atoms with van der Waals surface area (Å²) in [5.41, 5.74) is 9.03. The lowest BCUT2D eigenvalue weighted by Crippen LogP contribution is -2.38. The summed E-state index contributed by atoms with van der Waals surface area (Å²) in [6, 6.07) is 6.21. The highest BCUT2D eigenvalue weighted by Gasteiger charge is 2.26. The third-order valence-electron chi connectivity index (χ3n) is 5.16. The van der Waals surface area contributed by atoms with E-state index in [0.29, 0.717) is 10.8 Å².